The summed E-state index contributed by atoms with van der Waals surface area (Å²) in [7, 11) is 0. The van der Waals surface area contributed by atoms with Gasteiger partial charge >= 0.3 is 0 Å². The van der Waals surface area contributed by atoms with Crippen molar-refractivity contribution in [2.75, 3.05) is 12.3 Å². The van der Waals surface area contributed by atoms with Crippen LogP contribution < -0.4 is 11.3 Å². The van der Waals surface area contributed by atoms with Crippen LogP contribution in [0.2, 0.25) is 0 Å². The second-order valence-corrected chi connectivity index (χ2v) is 4.77. The molecule has 102 valence electrons. The zero-order valence-electron chi connectivity index (χ0n) is 10.8. The minimum atomic E-state index is -0.321. The van der Waals surface area contributed by atoms with Crippen LogP contribution in [0, 0.1) is 0 Å². The van der Waals surface area contributed by atoms with Crippen molar-refractivity contribution in [2.24, 2.45) is 0 Å². The molecule has 1 aromatic carbocycles. The average molecular weight is 270 g/mol. The third-order valence-corrected chi connectivity index (χ3v) is 3.49. The number of nitrogen functional groups attached to an aromatic ring is 1. The Kier molecular flexibility index (Phi) is 2.98. The Hall–Kier alpha value is -2.63. The van der Waals surface area contributed by atoms with E-state index in [1.165, 1.54) is 12.1 Å². The molecule has 0 radical (unpaired) electrons. The Bertz CT molecular complexity index is 703. The quantitative estimate of drug-likeness (QED) is 0.740. The number of anilines is 1. The van der Waals surface area contributed by atoms with Gasteiger partial charge in [0.2, 0.25) is 0 Å². The maximum atomic E-state index is 12.3. The number of amides is 1. The van der Waals surface area contributed by atoms with Gasteiger partial charge in [-0.25, -0.2) is 5.10 Å². The summed E-state index contributed by atoms with van der Waals surface area (Å²) in [6, 6.07) is 8.48. The van der Waals surface area contributed by atoms with Crippen LogP contribution in [0.25, 0.3) is 0 Å². The monoisotopic (exact) mass is 270 g/mol. The molecule has 20 heavy (non-hydrogen) atoms. The van der Waals surface area contributed by atoms with Gasteiger partial charge in [0.1, 0.15) is 5.69 Å². The van der Waals surface area contributed by atoms with Crippen LogP contribution in [-0.2, 0) is 13.0 Å². The van der Waals surface area contributed by atoms with Crippen molar-refractivity contribution in [1.29, 1.82) is 0 Å². The maximum Gasteiger partial charge on any atom is 0.274 e. The topological polar surface area (TPSA) is 92.1 Å². The number of aromatic nitrogens is 2. The largest absolute Gasteiger partial charge is 0.398 e. The van der Waals surface area contributed by atoms with Gasteiger partial charge in [0.05, 0.1) is 0 Å². The highest BCUT2D eigenvalue weighted by Crippen LogP contribution is 2.24. The molecule has 0 aliphatic carbocycles. The summed E-state index contributed by atoms with van der Waals surface area (Å²) in [5, 5.41) is 6.05. The molecule has 0 bridgehead atoms. The summed E-state index contributed by atoms with van der Waals surface area (Å²) in [5.41, 5.74) is 8.82. The normalized spacial score (nSPS) is 13.9. The molecule has 0 fully saturated rings. The zero-order valence-corrected chi connectivity index (χ0v) is 10.8. The predicted molar refractivity (Wildman–Crippen MR) is 74.2 cm³/mol. The first-order chi connectivity index (χ1) is 9.65. The van der Waals surface area contributed by atoms with Crippen molar-refractivity contribution < 1.29 is 4.79 Å². The molecule has 6 heteroatoms. The lowest BCUT2D eigenvalue weighted by Gasteiger charge is -2.29. The van der Waals surface area contributed by atoms with E-state index in [9.17, 15) is 9.59 Å². The van der Waals surface area contributed by atoms with E-state index in [0.717, 1.165) is 23.2 Å². The Morgan fingerprint density at radius 1 is 1.30 bits per heavy atom. The van der Waals surface area contributed by atoms with Crippen LogP contribution in [-0.4, -0.2) is 27.5 Å². The highest BCUT2D eigenvalue weighted by Gasteiger charge is 2.23. The van der Waals surface area contributed by atoms with Crippen LogP contribution in [0.5, 0.6) is 0 Å². The van der Waals surface area contributed by atoms with Crippen molar-refractivity contribution >= 4 is 11.6 Å². The molecule has 1 amide bonds. The lowest BCUT2D eigenvalue weighted by atomic mass is 9.98. The van der Waals surface area contributed by atoms with E-state index < -0.39 is 0 Å². The van der Waals surface area contributed by atoms with Crippen LogP contribution in [0.1, 0.15) is 21.6 Å². The first-order valence-electron chi connectivity index (χ1n) is 6.36. The maximum absolute atomic E-state index is 12.3. The van der Waals surface area contributed by atoms with Gasteiger partial charge in [-0.05, 0) is 29.7 Å². The molecule has 0 saturated heterocycles. The number of hydrogen-bond acceptors (Lipinski definition) is 4. The van der Waals surface area contributed by atoms with Gasteiger partial charge in [-0.15, -0.1) is 0 Å². The number of carbonyl (C=O) groups excluding carboxylic acids is 1. The molecular weight excluding hydrogens is 256 g/mol. The number of hydrogen-bond donors (Lipinski definition) is 2. The minimum absolute atomic E-state index is 0.186. The SMILES string of the molecule is Nc1cccc2c1CCN(C(=O)c1ccc(=O)[nH]n1)C2. The number of benzene rings is 1. The second-order valence-electron chi connectivity index (χ2n) is 4.77. The van der Waals surface area contributed by atoms with Gasteiger partial charge in [-0.1, -0.05) is 12.1 Å². The van der Waals surface area contributed by atoms with E-state index in [4.69, 9.17) is 5.73 Å². The van der Waals surface area contributed by atoms with Crippen molar-refractivity contribution in [3.05, 3.63) is 57.5 Å². The third kappa shape index (κ3) is 2.16. The van der Waals surface area contributed by atoms with Crippen molar-refractivity contribution in [3.8, 4) is 0 Å². The molecule has 6 nitrogen and oxygen atoms in total. The molecule has 1 aliphatic heterocycles. The summed E-state index contributed by atoms with van der Waals surface area (Å²) in [6.07, 6.45) is 0.733. The molecule has 0 unspecified atom stereocenters. The molecule has 3 N–H and O–H groups in total. The molecule has 3 rings (SSSR count). The highest BCUT2D eigenvalue weighted by atomic mass is 16.2. The van der Waals surface area contributed by atoms with Gasteiger partial charge < -0.3 is 10.6 Å². The number of nitrogens with one attached hydrogen (secondary N) is 1. The molecule has 0 spiro atoms. The van der Waals surface area contributed by atoms with Crippen molar-refractivity contribution in [2.45, 2.75) is 13.0 Å². The summed E-state index contributed by atoms with van der Waals surface area (Å²) >= 11 is 0. The minimum Gasteiger partial charge on any atom is -0.398 e. The molecule has 2 heterocycles. The van der Waals surface area contributed by atoms with E-state index in [0.29, 0.717) is 13.1 Å². The fraction of sp³-hybridized carbons (Fsp3) is 0.214. The van der Waals surface area contributed by atoms with Gasteiger partial charge in [0.25, 0.3) is 11.5 Å². The number of fused-ring (bicyclic) bond motifs is 1. The fourth-order valence-electron chi connectivity index (χ4n) is 2.44. The van der Waals surface area contributed by atoms with Crippen LogP contribution >= 0.6 is 0 Å². The van der Waals surface area contributed by atoms with Crippen LogP contribution in [0.4, 0.5) is 5.69 Å². The number of aromatic amines is 1. The first kappa shape index (κ1) is 12.4. The van der Waals surface area contributed by atoms with Gasteiger partial charge in [0.15, 0.2) is 0 Å². The van der Waals surface area contributed by atoms with E-state index in [2.05, 4.69) is 10.2 Å². The van der Waals surface area contributed by atoms with E-state index >= 15 is 0 Å². The lowest BCUT2D eigenvalue weighted by molar-refractivity contribution is 0.0727. The molecule has 1 aromatic heterocycles. The van der Waals surface area contributed by atoms with Crippen LogP contribution in [0.15, 0.2) is 35.1 Å². The summed E-state index contributed by atoms with van der Waals surface area (Å²) in [6.45, 7) is 1.11. The second kappa shape index (κ2) is 4.80. The Morgan fingerprint density at radius 2 is 2.15 bits per heavy atom. The average Bonchev–Trinajstić information content (AvgIpc) is 2.47. The first-order valence-corrected chi connectivity index (χ1v) is 6.36. The fourth-order valence-corrected chi connectivity index (χ4v) is 2.44. The molecular formula is C14H14N4O2. The van der Waals surface area contributed by atoms with Crippen molar-refractivity contribution in [1.82, 2.24) is 15.1 Å². The lowest BCUT2D eigenvalue weighted by Crippen LogP contribution is -2.37. The highest BCUT2D eigenvalue weighted by molar-refractivity contribution is 5.92. The standard InChI is InChI=1S/C14H14N4O2/c15-11-3-1-2-9-8-18(7-6-10(9)11)14(20)12-4-5-13(19)17-16-12/h1-5H,6-8,15H2,(H,17,19). The zero-order chi connectivity index (χ0) is 14.1. The van der Waals surface area contributed by atoms with Gasteiger partial charge in [-0.3, -0.25) is 9.59 Å². The number of rotatable bonds is 1. The van der Waals surface area contributed by atoms with Crippen LogP contribution in [0.3, 0.4) is 0 Å². The van der Waals surface area contributed by atoms with E-state index in [1.807, 2.05) is 18.2 Å². The van der Waals surface area contributed by atoms with E-state index in [-0.39, 0.29) is 17.2 Å². The third-order valence-electron chi connectivity index (χ3n) is 3.49. The Morgan fingerprint density at radius 3 is 2.90 bits per heavy atom. The number of H-pyrrole nitrogens is 1. The molecule has 0 atom stereocenters. The summed E-state index contributed by atoms with van der Waals surface area (Å²) in [5.74, 6) is -0.186. The number of nitrogens with zero attached hydrogens (tertiary/aromatic N) is 2. The number of carbonyl (C=O) groups is 1. The Balaban J connectivity index is 1.85. The molecule has 2 aromatic rings. The van der Waals surface area contributed by atoms with Gasteiger partial charge in [0, 0.05) is 24.8 Å². The Labute approximate surface area is 115 Å². The van der Waals surface area contributed by atoms with E-state index in [1.54, 1.807) is 4.90 Å². The molecule has 1 aliphatic rings. The smallest absolute Gasteiger partial charge is 0.274 e. The summed E-state index contributed by atoms with van der Waals surface area (Å²) in [4.78, 5) is 25.0. The summed E-state index contributed by atoms with van der Waals surface area (Å²) < 4.78 is 0. The van der Waals surface area contributed by atoms with Crippen molar-refractivity contribution in [3.63, 3.8) is 0 Å². The predicted octanol–water partition coefficient (Wildman–Crippen LogP) is 0.551. The number of nitrogens with two attached hydrogens (primary N) is 1. The van der Waals surface area contributed by atoms with Gasteiger partial charge in [-0.2, -0.15) is 5.10 Å². The molecule has 0 saturated carbocycles.